The number of thiophene rings is 1. The van der Waals surface area contributed by atoms with Gasteiger partial charge in [0.05, 0.1) is 0 Å². The lowest BCUT2D eigenvalue weighted by Gasteiger charge is -2.03. The first-order valence-corrected chi connectivity index (χ1v) is 7.32. The summed E-state index contributed by atoms with van der Waals surface area (Å²) in [5.74, 6) is -0.163. The number of nitrogens with zero attached hydrogens (tertiary/aromatic N) is 2. The van der Waals surface area contributed by atoms with Gasteiger partial charge in [0.1, 0.15) is 26.6 Å². The normalized spacial score (nSPS) is 11.2. The van der Waals surface area contributed by atoms with E-state index in [2.05, 4.69) is 9.88 Å². The second-order valence-electron chi connectivity index (χ2n) is 3.24. The van der Waals surface area contributed by atoms with Crippen LogP contribution >= 0.6 is 22.9 Å². The maximum Gasteiger partial charge on any atom is 0.266 e. The smallest absolute Gasteiger partial charge is 0.266 e. The molecule has 0 fully saturated rings. The first-order valence-electron chi connectivity index (χ1n) is 4.58. The van der Waals surface area contributed by atoms with Gasteiger partial charge in [-0.3, -0.25) is 0 Å². The van der Waals surface area contributed by atoms with Crippen LogP contribution in [0.3, 0.4) is 0 Å². The Morgan fingerprint density at radius 1 is 1.61 bits per heavy atom. The number of hydrogen-bond acceptors (Lipinski definition) is 6. The molecule has 0 bridgehead atoms. The molecule has 9 heteroatoms. The van der Waals surface area contributed by atoms with E-state index in [9.17, 15) is 8.42 Å². The molecule has 1 N–H and O–H groups in total. The maximum absolute atomic E-state index is 12.0. The molecule has 0 atom stereocenters. The molecular weight excluding hydrogens is 298 g/mol. The molecule has 2 aromatic rings. The summed E-state index contributed by atoms with van der Waals surface area (Å²) in [4.78, 5) is -0.0185. The van der Waals surface area contributed by atoms with Crippen LogP contribution in [-0.2, 0) is 10.0 Å². The van der Waals surface area contributed by atoms with E-state index in [4.69, 9.17) is 21.4 Å². The summed E-state index contributed by atoms with van der Waals surface area (Å²) < 4.78 is 30.9. The average molecular weight is 304 g/mol. The fraction of sp³-hybridized carbons (Fsp3) is 0.111. The van der Waals surface area contributed by atoms with Crippen LogP contribution in [-0.4, -0.2) is 13.6 Å². The lowest BCUT2D eigenvalue weighted by molar-refractivity contribution is 0.430. The minimum Gasteiger partial charge on any atom is -0.336 e. The van der Waals surface area contributed by atoms with Crippen LogP contribution in [0, 0.1) is 18.3 Å². The zero-order chi connectivity index (χ0) is 13.3. The zero-order valence-corrected chi connectivity index (χ0v) is 11.4. The molecule has 2 rings (SSSR count). The summed E-state index contributed by atoms with van der Waals surface area (Å²) in [7, 11) is -3.90. The zero-order valence-electron chi connectivity index (χ0n) is 8.97. The molecule has 0 aliphatic rings. The largest absolute Gasteiger partial charge is 0.336 e. The van der Waals surface area contributed by atoms with E-state index >= 15 is 0 Å². The monoisotopic (exact) mass is 303 g/mol. The summed E-state index contributed by atoms with van der Waals surface area (Å²) in [5.41, 5.74) is 0.375. The molecule has 0 aliphatic carbocycles. The van der Waals surface area contributed by atoms with Gasteiger partial charge in [0.2, 0.25) is 0 Å². The van der Waals surface area contributed by atoms with Gasteiger partial charge >= 0.3 is 0 Å². The number of nitriles is 1. The fourth-order valence-electron chi connectivity index (χ4n) is 1.19. The number of sulfonamides is 1. The predicted molar refractivity (Wildman–Crippen MR) is 66.1 cm³/mol. The van der Waals surface area contributed by atoms with Crippen LogP contribution < -0.4 is 4.72 Å². The molecule has 0 spiro atoms. The van der Waals surface area contributed by atoms with Crippen LogP contribution in [0.25, 0.3) is 0 Å². The highest BCUT2D eigenvalue weighted by Crippen LogP contribution is 2.29. The van der Waals surface area contributed by atoms with Crippen molar-refractivity contribution in [3.8, 4) is 6.07 Å². The Morgan fingerprint density at radius 3 is 2.89 bits per heavy atom. The number of rotatable bonds is 3. The van der Waals surface area contributed by atoms with Crippen molar-refractivity contribution in [3.63, 3.8) is 0 Å². The number of aromatic nitrogens is 1. The van der Waals surface area contributed by atoms with Crippen molar-refractivity contribution >= 4 is 38.8 Å². The number of aryl methyl sites for hydroxylation is 1. The van der Waals surface area contributed by atoms with E-state index in [1.165, 1.54) is 11.4 Å². The molecule has 0 aromatic carbocycles. The minimum absolute atomic E-state index is 0.0901. The highest BCUT2D eigenvalue weighted by atomic mass is 35.5. The molecule has 18 heavy (non-hydrogen) atoms. The van der Waals surface area contributed by atoms with E-state index in [0.29, 0.717) is 5.69 Å². The highest BCUT2D eigenvalue weighted by molar-refractivity contribution is 7.93. The quantitative estimate of drug-likeness (QED) is 0.939. The van der Waals surface area contributed by atoms with E-state index in [1.54, 1.807) is 6.92 Å². The van der Waals surface area contributed by atoms with Crippen LogP contribution in [0.15, 0.2) is 20.9 Å². The number of halogens is 1. The first-order chi connectivity index (χ1) is 8.45. The Morgan fingerprint density at radius 2 is 2.33 bits per heavy atom. The Bertz CT molecular complexity index is 727. The van der Waals surface area contributed by atoms with Crippen molar-refractivity contribution in [2.45, 2.75) is 11.8 Å². The van der Waals surface area contributed by atoms with Crippen LogP contribution in [0.5, 0.6) is 0 Å². The number of nitrogens with one attached hydrogen (secondary N) is 1. The lowest BCUT2D eigenvalue weighted by Crippen LogP contribution is -2.13. The van der Waals surface area contributed by atoms with Crippen molar-refractivity contribution in [2.24, 2.45) is 0 Å². The van der Waals surface area contributed by atoms with Gasteiger partial charge < -0.3 is 4.52 Å². The van der Waals surface area contributed by atoms with Crippen molar-refractivity contribution in [2.75, 3.05) is 4.72 Å². The molecule has 2 aromatic heterocycles. The molecule has 6 nitrogen and oxygen atoms in total. The van der Waals surface area contributed by atoms with Gasteiger partial charge in [-0.2, -0.15) is 5.26 Å². The molecule has 0 saturated heterocycles. The lowest BCUT2D eigenvalue weighted by atomic mass is 10.5. The molecule has 0 radical (unpaired) electrons. The van der Waals surface area contributed by atoms with Gasteiger partial charge in [-0.25, -0.2) is 13.1 Å². The van der Waals surface area contributed by atoms with E-state index in [-0.39, 0.29) is 20.7 Å². The standard InChI is InChI=1S/C9H6ClN3O3S2/c1-5-8(10)9(16-12-5)13-18(14,15)7-2-3-17-6(7)4-11/h2-3,13H,1H3. The molecule has 0 amide bonds. The van der Waals surface area contributed by atoms with Crippen molar-refractivity contribution in [1.29, 1.82) is 5.26 Å². The van der Waals surface area contributed by atoms with Crippen LogP contribution in [0.4, 0.5) is 5.88 Å². The molecule has 94 valence electrons. The third-order valence-corrected chi connectivity index (χ3v) is 4.80. The van der Waals surface area contributed by atoms with E-state index in [0.717, 1.165) is 11.3 Å². The number of hydrogen-bond donors (Lipinski definition) is 1. The van der Waals surface area contributed by atoms with Crippen LogP contribution in [0.1, 0.15) is 10.6 Å². The number of anilines is 1. The summed E-state index contributed by atoms with van der Waals surface area (Å²) in [6.45, 7) is 1.58. The third kappa shape index (κ3) is 2.20. The molecule has 2 heterocycles. The predicted octanol–water partition coefficient (Wildman–Crippen LogP) is 2.37. The van der Waals surface area contributed by atoms with E-state index < -0.39 is 10.0 Å². The summed E-state index contributed by atoms with van der Waals surface area (Å²) in [6.07, 6.45) is 0. The summed E-state index contributed by atoms with van der Waals surface area (Å²) >= 11 is 6.84. The van der Waals surface area contributed by atoms with Crippen molar-refractivity contribution in [3.05, 3.63) is 27.0 Å². The van der Waals surface area contributed by atoms with Gasteiger partial charge in [-0.1, -0.05) is 16.8 Å². The fourth-order valence-corrected chi connectivity index (χ4v) is 3.53. The average Bonchev–Trinajstić information content (AvgIpc) is 2.91. The first kappa shape index (κ1) is 12.9. The van der Waals surface area contributed by atoms with Gasteiger partial charge in [0, 0.05) is 0 Å². The third-order valence-electron chi connectivity index (χ3n) is 2.04. The minimum atomic E-state index is -3.90. The maximum atomic E-state index is 12.0. The highest BCUT2D eigenvalue weighted by Gasteiger charge is 2.23. The summed E-state index contributed by atoms with van der Waals surface area (Å²) in [6, 6.07) is 3.14. The van der Waals surface area contributed by atoms with Crippen molar-refractivity contribution in [1.82, 2.24) is 5.16 Å². The van der Waals surface area contributed by atoms with Gasteiger partial charge in [0.15, 0.2) is 0 Å². The van der Waals surface area contributed by atoms with Gasteiger partial charge in [0.25, 0.3) is 15.9 Å². The molecule has 0 unspecified atom stereocenters. The molecular formula is C9H6ClN3O3S2. The Labute approximate surface area is 112 Å². The molecule has 0 aliphatic heterocycles. The second-order valence-corrected chi connectivity index (χ2v) is 6.19. The topological polar surface area (TPSA) is 96.0 Å². The summed E-state index contributed by atoms with van der Waals surface area (Å²) in [5, 5.41) is 13.9. The van der Waals surface area contributed by atoms with Gasteiger partial charge in [-0.15, -0.1) is 11.3 Å². The van der Waals surface area contributed by atoms with E-state index in [1.807, 2.05) is 6.07 Å². The molecule has 0 saturated carbocycles. The Balaban J connectivity index is 2.40. The Hall–Kier alpha value is -1.56. The Kier molecular flexibility index (Phi) is 3.30. The van der Waals surface area contributed by atoms with Gasteiger partial charge in [-0.05, 0) is 18.4 Å². The van der Waals surface area contributed by atoms with Crippen LogP contribution in [0.2, 0.25) is 5.02 Å². The second kappa shape index (κ2) is 4.61. The SMILES string of the molecule is Cc1noc(NS(=O)(=O)c2ccsc2C#N)c1Cl. The van der Waals surface area contributed by atoms with Crippen molar-refractivity contribution < 1.29 is 12.9 Å².